The molecule has 1 aliphatic heterocycles. The molecule has 0 unspecified atom stereocenters. The molecule has 1 amide bonds. The van der Waals surface area contributed by atoms with Crippen LogP contribution >= 0.6 is 11.3 Å². The van der Waals surface area contributed by atoms with Crippen molar-refractivity contribution in [3.8, 4) is 0 Å². The molecule has 122 valence electrons. The Hall–Kier alpha value is -1.64. The van der Waals surface area contributed by atoms with Crippen LogP contribution in [0.1, 0.15) is 23.2 Å². The third-order valence-corrected chi connectivity index (χ3v) is 7.52. The lowest BCUT2D eigenvalue weighted by molar-refractivity contribution is 0.0690. The fourth-order valence-corrected chi connectivity index (χ4v) is 5.90. The van der Waals surface area contributed by atoms with Crippen molar-refractivity contribution in [3.63, 3.8) is 0 Å². The van der Waals surface area contributed by atoms with Crippen molar-refractivity contribution in [1.29, 1.82) is 0 Å². The van der Waals surface area contributed by atoms with Gasteiger partial charge in [-0.1, -0.05) is 6.07 Å². The standard InChI is InChI=1S/C15H16N2O4S2/c18-15(10-3-4-21-9-10)17-8-11-6-12(17)7-13(11)16-23(19,20)14-2-1-5-22-14/h1-5,9,11-13,16H,6-8H2/t11-,12-,13-/m0/s1. The Labute approximate surface area is 138 Å². The maximum atomic E-state index is 12.4. The molecular weight excluding hydrogens is 336 g/mol. The van der Waals surface area contributed by atoms with Gasteiger partial charge in [0.25, 0.3) is 5.91 Å². The summed E-state index contributed by atoms with van der Waals surface area (Å²) in [5, 5.41) is 1.75. The first-order chi connectivity index (χ1) is 11.0. The van der Waals surface area contributed by atoms with E-state index in [1.807, 2.05) is 4.90 Å². The Morgan fingerprint density at radius 3 is 2.83 bits per heavy atom. The molecule has 6 nitrogen and oxygen atoms in total. The van der Waals surface area contributed by atoms with Gasteiger partial charge in [0.1, 0.15) is 10.5 Å². The van der Waals surface area contributed by atoms with Crippen LogP contribution in [0.5, 0.6) is 0 Å². The average Bonchev–Trinajstić information content (AvgIpc) is 3.27. The first-order valence-corrected chi connectivity index (χ1v) is 9.80. The Kier molecular flexibility index (Phi) is 3.55. The van der Waals surface area contributed by atoms with Crippen LogP contribution in [0.3, 0.4) is 0 Å². The number of furan rings is 1. The van der Waals surface area contributed by atoms with Crippen molar-refractivity contribution in [2.45, 2.75) is 29.1 Å². The molecule has 2 fully saturated rings. The fourth-order valence-electron chi connectivity index (χ4n) is 3.57. The highest BCUT2D eigenvalue weighted by Gasteiger charge is 2.47. The number of carbonyl (C=O) groups is 1. The smallest absolute Gasteiger partial charge is 0.257 e. The average molecular weight is 352 g/mol. The van der Waals surface area contributed by atoms with E-state index < -0.39 is 10.0 Å². The summed E-state index contributed by atoms with van der Waals surface area (Å²) in [4.78, 5) is 14.2. The van der Waals surface area contributed by atoms with Gasteiger partial charge < -0.3 is 9.32 Å². The lowest BCUT2D eigenvalue weighted by atomic mass is 10.0. The van der Waals surface area contributed by atoms with Crippen LogP contribution in [0.4, 0.5) is 0 Å². The van der Waals surface area contributed by atoms with Crippen molar-refractivity contribution in [2.24, 2.45) is 5.92 Å². The molecule has 2 aromatic rings. The van der Waals surface area contributed by atoms with Crippen molar-refractivity contribution < 1.29 is 17.6 Å². The highest BCUT2D eigenvalue weighted by atomic mass is 32.2. The van der Waals surface area contributed by atoms with Gasteiger partial charge in [-0.05, 0) is 36.3 Å². The maximum absolute atomic E-state index is 12.4. The minimum atomic E-state index is -3.45. The predicted octanol–water partition coefficient (Wildman–Crippen LogP) is 1.92. The normalized spacial score (nSPS) is 26.8. The number of nitrogens with one attached hydrogen (secondary N) is 1. The molecule has 23 heavy (non-hydrogen) atoms. The minimum Gasteiger partial charge on any atom is -0.472 e. The zero-order valence-electron chi connectivity index (χ0n) is 12.2. The fraction of sp³-hybridized carbons (Fsp3) is 0.400. The number of hydrogen-bond acceptors (Lipinski definition) is 5. The number of carbonyl (C=O) groups excluding carboxylic acids is 1. The van der Waals surface area contributed by atoms with Gasteiger partial charge in [-0.25, -0.2) is 13.1 Å². The van der Waals surface area contributed by atoms with E-state index in [2.05, 4.69) is 4.72 Å². The summed E-state index contributed by atoms with van der Waals surface area (Å²) in [6, 6.07) is 4.99. The lowest BCUT2D eigenvalue weighted by Crippen LogP contribution is -2.47. The Morgan fingerprint density at radius 2 is 2.22 bits per heavy atom. The topological polar surface area (TPSA) is 79.6 Å². The summed E-state index contributed by atoms with van der Waals surface area (Å²) >= 11 is 1.21. The molecule has 1 saturated heterocycles. The SMILES string of the molecule is O=C(c1ccoc1)N1C[C@@H]2C[C@H]1C[C@@H]2NS(=O)(=O)c1cccs1. The third kappa shape index (κ3) is 2.60. The van der Waals surface area contributed by atoms with Gasteiger partial charge >= 0.3 is 0 Å². The van der Waals surface area contributed by atoms with E-state index in [-0.39, 0.29) is 23.9 Å². The first kappa shape index (κ1) is 14.9. The van der Waals surface area contributed by atoms with Crippen LogP contribution in [-0.2, 0) is 10.0 Å². The van der Waals surface area contributed by atoms with Gasteiger partial charge in [0, 0.05) is 18.6 Å². The molecule has 4 rings (SSSR count). The molecule has 2 aliphatic rings. The minimum absolute atomic E-state index is 0.0363. The second-order valence-corrected chi connectivity index (χ2v) is 8.90. The number of rotatable bonds is 4. The second-order valence-electron chi connectivity index (χ2n) is 6.01. The van der Waals surface area contributed by atoms with Gasteiger partial charge in [0.05, 0.1) is 11.8 Å². The summed E-state index contributed by atoms with van der Waals surface area (Å²) in [5.41, 5.74) is 0.549. The number of fused-ring (bicyclic) bond motifs is 2. The molecule has 0 spiro atoms. The van der Waals surface area contributed by atoms with E-state index in [1.165, 1.54) is 23.9 Å². The Morgan fingerprint density at radius 1 is 1.35 bits per heavy atom. The highest BCUT2D eigenvalue weighted by Crippen LogP contribution is 2.39. The van der Waals surface area contributed by atoms with E-state index in [1.54, 1.807) is 23.6 Å². The molecule has 1 saturated carbocycles. The number of likely N-dealkylation sites (tertiary alicyclic amines) is 1. The van der Waals surface area contributed by atoms with Gasteiger partial charge in [-0.2, -0.15) is 0 Å². The molecule has 2 bridgehead atoms. The number of amides is 1. The Bertz CT molecular complexity index is 799. The number of hydrogen-bond donors (Lipinski definition) is 1. The van der Waals surface area contributed by atoms with Crippen molar-refractivity contribution in [3.05, 3.63) is 41.7 Å². The van der Waals surface area contributed by atoms with E-state index in [4.69, 9.17) is 4.42 Å². The quantitative estimate of drug-likeness (QED) is 0.912. The van der Waals surface area contributed by atoms with Crippen molar-refractivity contribution >= 4 is 27.3 Å². The third-order valence-electron chi connectivity index (χ3n) is 4.64. The van der Waals surface area contributed by atoms with Gasteiger partial charge in [0.2, 0.25) is 10.0 Å². The zero-order valence-corrected chi connectivity index (χ0v) is 13.8. The summed E-state index contributed by atoms with van der Waals surface area (Å²) in [7, 11) is -3.45. The van der Waals surface area contributed by atoms with Crippen LogP contribution in [0, 0.1) is 5.92 Å². The highest BCUT2D eigenvalue weighted by molar-refractivity contribution is 7.91. The van der Waals surface area contributed by atoms with E-state index in [0.29, 0.717) is 22.7 Å². The summed E-state index contributed by atoms with van der Waals surface area (Å²) in [5.74, 6) is 0.136. The molecule has 3 atom stereocenters. The maximum Gasteiger partial charge on any atom is 0.257 e. The number of sulfonamides is 1. The van der Waals surface area contributed by atoms with Gasteiger partial charge in [0.15, 0.2) is 0 Å². The summed E-state index contributed by atoms with van der Waals surface area (Å²) in [6.45, 7) is 0.590. The second kappa shape index (κ2) is 5.47. The van der Waals surface area contributed by atoms with Crippen LogP contribution in [0.15, 0.2) is 44.7 Å². The van der Waals surface area contributed by atoms with Crippen LogP contribution in [0.25, 0.3) is 0 Å². The van der Waals surface area contributed by atoms with Crippen molar-refractivity contribution in [1.82, 2.24) is 9.62 Å². The summed E-state index contributed by atoms with van der Waals surface area (Å²) in [6.07, 6.45) is 4.45. The largest absolute Gasteiger partial charge is 0.472 e. The zero-order chi connectivity index (χ0) is 16.0. The number of nitrogens with zero attached hydrogens (tertiary/aromatic N) is 1. The predicted molar refractivity (Wildman–Crippen MR) is 84.7 cm³/mol. The molecule has 8 heteroatoms. The van der Waals surface area contributed by atoms with Crippen molar-refractivity contribution in [2.75, 3.05) is 6.54 Å². The van der Waals surface area contributed by atoms with Crippen LogP contribution < -0.4 is 4.72 Å². The number of piperidine rings is 1. The monoisotopic (exact) mass is 352 g/mol. The first-order valence-electron chi connectivity index (χ1n) is 7.43. The summed E-state index contributed by atoms with van der Waals surface area (Å²) < 4.78 is 32.8. The van der Waals surface area contributed by atoms with E-state index in [0.717, 1.165) is 6.42 Å². The van der Waals surface area contributed by atoms with Crippen LogP contribution in [0.2, 0.25) is 0 Å². The molecule has 3 heterocycles. The lowest BCUT2D eigenvalue weighted by Gasteiger charge is -2.31. The van der Waals surface area contributed by atoms with Gasteiger partial charge in [-0.15, -0.1) is 11.3 Å². The number of thiophene rings is 1. The molecule has 0 radical (unpaired) electrons. The molecule has 1 N–H and O–H groups in total. The molecule has 1 aliphatic carbocycles. The van der Waals surface area contributed by atoms with E-state index in [9.17, 15) is 13.2 Å². The molecular formula is C15H16N2O4S2. The van der Waals surface area contributed by atoms with Gasteiger partial charge in [-0.3, -0.25) is 4.79 Å². The molecule has 2 aromatic heterocycles. The Balaban J connectivity index is 1.44. The molecule has 0 aromatic carbocycles. The van der Waals surface area contributed by atoms with E-state index >= 15 is 0 Å². The van der Waals surface area contributed by atoms with Crippen LogP contribution in [-0.4, -0.2) is 37.9 Å².